The summed E-state index contributed by atoms with van der Waals surface area (Å²) in [6, 6.07) is 3.46. The van der Waals surface area contributed by atoms with Gasteiger partial charge in [-0.2, -0.15) is 17.5 Å². The summed E-state index contributed by atoms with van der Waals surface area (Å²) in [5.74, 6) is -1.15. The highest BCUT2D eigenvalue weighted by molar-refractivity contribution is 7.89. The molecule has 1 heterocycles. The van der Waals surface area contributed by atoms with Gasteiger partial charge in [-0.3, -0.25) is 4.79 Å². The van der Waals surface area contributed by atoms with Gasteiger partial charge < -0.3 is 10.5 Å². The van der Waals surface area contributed by atoms with Crippen LogP contribution in [0.25, 0.3) is 0 Å². The Morgan fingerprint density at radius 2 is 1.89 bits per heavy atom. The van der Waals surface area contributed by atoms with E-state index in [2.05, 4.69) is 0 Å². The molecule has 0 bridgehead atoms. The molecule has 1 amide bonds. The Morgan fingerprint density at radius 3 is 2.32 bits per heavy atom. The molecule has 0 aliphatic carbocycles. The standard InChI is InChI=1S/C17H22ClF3N2O4S/c1-16(2)9-12(27-16)10-23(14(15(22)24)7-8-17(19,20)21)28(25,26)13-5-3-11(18)4-6-13/h3-6,12,14H,7-10H2,1-2H3,(H2,22,24)/t12-,14-/m1/s1. The molecule has 1 aromatic carbocycles. The summed E-state index contributed by atoms with van der Waals surface area (Å²) in [6.45, 7) is 3.33. The SMILES string of the molecule is CC1(C)C[C@H](CN([C@H](CCC(F)(F)F)C(N)=O)S(=O)(=O)c2ccc(Cl)cc2)O1. The van der Waals surface area contributed by atoms with Crippen molar-refractivity contribution in [2.75, 3.05) is 6.54 Å². The van der Waals surface area contributed by atoms with E-state index in [9.17, 15) is 26.4 Å². The van der Waals surface area contributed by atoms with Crippen LogP contribution in [0.2, 0.25) is 5.02 Å². The third kappa shape index (κ3) is 5.82. The second kappa shape index (κ2) is 8.17. The second-order valence-corrected chi connectivity index (χ2v) is 9.63. The van der Waals surface area contributed by atoms with Crippen molar-refractivity contribution in [3.8, 4) is 0 Å². The van der Waals surface area contributed by atoms with Crippen molar-refractivity contribution in [3.05, 3.63) is 29.3 Å². The van der Waals surface area contributed by atoms with Gasteiger partial charge in [-0.15, -0.1) is 0 Å². The molecular formula is C17H22ClF3N2O4S. The van der Waals surface area contributed by atoms with Crippen molar-refractivity contribution in [1.82, 2.24) is 4.31 Å². The van der Waals surface area contributed by atoms with Crippen molar-refractivity contribution in [2.24, 2.45) is 5.73 Å². The van der Waals surface area contributed by atoms with E-state index >= 15 is 0 Å². The van der Waals surface area contributed by atoms with Crippen LogP contribution in [0.5, 0.6) is 0 Å². The maximum Gasteiger partial charge on any atom is 0.389 e. The van der Waals surface area contributed by atoms with E-state index in [4.69, 9.17) is 22.1 Å². The highest BCUT2D eigenvalue weighted by Crippen LogP contribution is 2.34. The average molecular weight is 443 g/mol. The number of ether oxygens (including phenoxy) is 1. The monoisotopic (exact) mass is 442 g/mol. The zero-order valence-corrected chi connectivity index (χ0v) is 16.9. The van der Waals surface area contributed by atoms with Crippen LogP contribution in [-0.4, -0.2) is 49.1 Å². The number of carbonyl (C=O) groups excluding carboxylic acids is 1. The summed E-state index contributed by atoms with van der Waals surface area (Å²) in [6.07, 6.45) is -6.74. The number of primary amides is 1. The summed E-state index contributed by atoms with van der Waals surface area (Å²) >= 11 is 5.77. The Balaban J connectivity index is 2.36. The van der Waals surface area contributed by atoms with Gasteiger partial charge in [-0.05, 0) is 44.5 Å². The predicted molar refractivity (Wildman–Crippen MR) is 97.2 cm³/mol. The molecule has 0 radical (unpaired) electrons. The van der Waals surface area contributed by atoms with Crippen LogP contribution in [0.1, 0.15) is 33.1 Å². The van der Waals surface area contributed by atoms with E-state index in [0.717, 1.165) is 0 Å². The third-order valence-electron chi connectivity index (χ3n) is 4.39. The largest absolute Gasteiger partial charge is 0.389 e. The molecule has 0 unspecified atom stereocenters. The van der Waals surface area contributed by atoms with Crippen LogP contribution in [0.15, 0.2) is 29.2 Å². The molecule has 1 fully saturated rings. The van der Waals surface area contributed by atoms with Crippen molar-refractivity contribution in [1.29, 1.82) is 0 Å². The van der Waals surface area contributed by atoms with Gasteiger partial charge in [0.15, 0.2) is 0 Å². The molecule has 6 nitrogen and oxygen atoms in total. The fraction of sp³-hybridized carbons (Fsp3) is 0.588. The van der Waals surface area contributed by atoms with E-state index in [1.807, 2.05) is 0 Å². The summed E-state index contributed by atoms with van der Waals surface area (Å²) in [7, 11) is -4.31. The molecule has 11 heteroatoms. The van der Waals surface area contributed by atoms with Gasteiger partial charge >= 0.3 is 6.18 Å². The lowest BCUT2D eigenvalue weighted by Gasteiger charge is -2.45. The number of amides is 1. The first kappa shape index (κ1) is 22.9. The average Bonchev–Trinajstić information content (AvgIpc) is 2.51. The van der Waals surface area contributed by atoms with Crippen molar-refractivity contribution < 1.29 is 31.1 Å². The molecule has 1 saturated heterocycles. The number of nitrogens with zero attached hydrogens (tertiary/aromatic N) is 1. The fourth-order valence-corrected chi connectivity index (χ4v) is 4.94. The highest BCUT2D eigenvalue weighted by atomic mass is 35.5. The summed E-state index contributed by atoms with van der Waals surface area (Å²) in [5.41, 5.74) is 4.82. The van der Waals surface area contributed by atoms with Gasteiger partial charge in [0, 0.05) is 24.4 Å². The lowest BCUT2D eigenvalue weighted by molar-refractivity contribution is -0.188. The Hall–Kier alpha value is -1.36. The molecule has 28 heavy (non-hydrogen) atoms. The van der Waals surface area contributed by atoms with Crippen molar-refractivity contribution >= 4 is 27.5 Å². The molecule has 158 valence electrons. The first-order chi connectivity index (χ1) is 12.7. The van der Waals surface area contributed by atoms with Gasteiger partial charge in [0.2, 0.25) is 15.9 Å². The number of hydrogen-bond acceptors (Lipinski definition) is 4. The van der Waals surface area contributed by atoms with E-state index in [1.165, 1.54) is 24.3 Å². The normalized spacial score (nSPS) is 20.6. The van der Waals surface area contributed by atoms with E-state index in [-0.39, 0.29) is 16.5 Å². The fourth-order valence-electron chi connectivity index (χ4n) is 3.16. The van der Waals surface area contributed by atoms with Gasteiger partial charge in [-0.25, -0.2) is 8.42 Å². The smallest absolute Gasteiger partial charge is 0.371 e. The minimum atomic E-state index is -4.56. The first-order valence-electron chi connectivity index (χ1n) is 8.52. The van der Waals surface area contributed by atoms with Crippen LogP contribution in [-0.2, 0) is 19.6 Å². The number of sulfonamides is 1. The molecule has 0 aromatic heterocycles. The molecule has 2 atom stereocenters. The van der Waals surface area contributed by atoms with Crippen LogP contribution < -0.4 is 5.73 Å². The number of rotatable bonds is 8. The van der Waals surface area contributed by atoms with Gasteiger partial charge in [0.05, 0.1) is 16.6 Å². The van der Waals surface area contributed by atoms with E-state index < -0.39 is 52.7 Å². The molecule has 2 N–H and O–H groups in total. The van der Waals surface area contributed by atoms with Crippen molar-refractivity contribution in [3.63, 3.8) is 0 Å². The molecular weight excluding hydrogens is 421 g/mol. The Kier molecular flexibility index (Phi) is 6.69. The first-order valence-corrected chi connectivity index (χ1v) is 10.3. The van der Waals surface area contributed by atoms with Crippen LogP contribution >= 0.6 is 11.6 Å². The molecule has 1 aliphatic rings. The predicted octanol–water partition coefficient (Wildman–Crippen LogP) is 3.09. The topological polar surface area (TPSA) is 89.7 Å². The van der Waals surface area contributed by atoms with Crippen LogP contribution in [0.3, 0.4) is 0 Å². The zero-order valence-electron chi connectivity index (χ0n) is 15.4. The molecule has 0 saturated carbocycles. The lowest BCUT2D eigenvalue weighted by atomic mass is 9.93. The minimum absolute atomic E-state index is 0.200. The quantitative estimate of drug-likeness (QED) is 0.669. The van der Waals surface area contributed by atoms with Gasteiger partial charge in [0.1, 0.15) is 6.04 Å². The van der Waals surface area contributed by atoms with Crippen LogP contribution in [0.4, 0.5) is 13.2 Å². The molecule has 0 spiro atoms. The second-order valence-electron chi connectivity index (χ2n) is 7.30. The number of halogens is 4. The number of nitrogens with two attached hydrogens (primary N) is 1. The van der Waals surface area contributed by atoms with Crippen molar-refractivity contribution in [2.45, 2.75) is 61.9 Å². The Morgan fingerprint density at radius 1 is 1.36 bits per heavy atom. The number of benzene rings is 1. The zero-order chi connectivity index (χ0) is 21.3. The maximum absolute atomic E-state index is 13.1. The summed E-state index contributed by atoms with van der Waals surface area (Å²) in [4.78, 5) is 11.7. The Labute approximate surface area is 166 Å². The van der Waals surface area contributed by atoms with E-state index in [0.29, 0.717) is 10.7 Å². The number of carbonyl (C=O) groups is 1. The maximum atomic E-state index is 13.1. The molecule has 2 rings (SSSR count). The number of alkyl halides is 3. The summed E-state index contributed by atoms with van der Waals surface area (Å²) < 4.78 is 70.5. The molecule has 1 aromatic rings. The minimum Gasteiger partial charge on any atom is -0.371 e. The summed E-state index contributed by atoms with van der Waals surface area (Å²) in [5, 5.41) is 0.290. The van der Waals surface area contributed by atoms with Gasteiger partial charge in [0.25, 0.3) is 0 Å². The number of hydrogen-bond donors (Lipinski definition) is 1. The molecule has 1 aliphatic heterocycles. The Bertz CT molecular complexity index is 805. The van der Waals surface area contributed by atoms with Gasteiger partial charge in [-0.1, -0.05) is 11.6 Å². The highest BCUT2D eigenvalue weighted by Gasteiger charge is 2.44. The third-order valence-corrected chi connectivity index (χ3v) is 6.53. The van der Waals surface area contributed by atoms with Crippen LogP contribution in [0, 0.1) is 0 Å². The van der Waals surface area contributed by atoms with E-state index in [1.54, 1.807) is 13.8 Å². The lowest BCUT2D eigenvalue weighted by Crippen LogP contribution is -2.56.